The fourth-order valence-corrected chi connectivity index (χ4v) is 2.62. The number of nitrogens with zero attached hydrogens (tertiary/aromatic N) is 1. The predicted octanol–water partition coefficient (Wildman–Crippen LogP) is 4.92. The van der Waals surface area contributed by atoms with Gasteiger partial charge in [0.05, 0.1) is 0 Å². The molecule has 1 N–H and O–H groups in total. The summed E-state index contributed by atoms with van der Waals surface area (Å²) < 4.78 is 0. The van der Waals surface area contributed by atoms with Gasteiger partial charge in [-0.05, 0) is 32.1 Å². The van der Waals surface area contributed by atoms with Crippen LogP contribution in [0.2, 0.25) is 0 Å². The lowest BCUT2D eigenvalue weighted by Gasteiger charge is -2.14. The van der Waals surface area contributed by atoms with Crippen LogP contribution in [0.15, 0.2) is 24.3 Å². The quantitative estimate of drug-likeness (QED) is 0.174. The number of nitro groups is 1. The fourth-order valence-electron chi connectivity index (χ4n) is 2.62. The molecule has 0 spiro atoms. The van der Waals surface area contributed by atoms with Crippen LogP contribution >= 0.6 is 0 Å². The molecule has 0 saturated heterocycles. The molecule has 2 unspecified atom stereocenters. The maximum absolute atomic E-state index is 11.1. The third-order valence-corrected chi connectivity index (χ3v) is 4.20. The Bertz CT molecular complexity index is 393. The SMILES string of the molecule is CCCCC/C=C\C/C=C\CC(C(O)CCCCCC[C]=O)[N+](=O)[O-]. The molecule has 0 aromatic heterocycles. The van der Waals surface area contributed by atoms with E-state index in [1.807, 2.05) is 12.4 Å². The second kappa shape index (κ2) is 17.3. The summed E-state index contributed by atoms with van der Waals surface area (Å²) >= 11 is 0. The van der Waals surface area contributed by atoms with Crippen molar-refractivity contribution in [2.24, 2.45) is 0 Å². The number of aliphatic hydroxyl groups is 1. The van der Waals surface area contributed by atoms with Gasteiger partial charge >= 0.3 is 0 Å². The minimum absolute atomic E-state index is 0.262. The molecule has 0 saturated carbocycles. The molecule has 2 atom stereocenters. The summed E-state index contributed by atoms with van der Waals surface area (Å²) in [6.45, 7) is 2.18. The number of rotatable bonds is 17. The van der Waals surface area contributed by atoms with E-state index in [1.54, 1.807) is 6.08 Å². The molecule has 5 nitrogen and oxygen atoms in total. The van der Waals surface area contributed by atoms with E-state index in [2.05, 4.69) is 19.1 Å². The van der Waals surface area contributed by atoms with E-state index < -0.39 is 12.1 Å². The maximum Gasteiger partial charge on any atom is 0.241 e. The van der Waals surface area contributed by atoms with E-state index in [9.17, 15) is 20.0 Å². The van der Waals surface area contributed by atoms with Gasteiger partial charge in [-0.25, -0.2) is 0 Å². The van der Waals surface area contributed by atoms with Crippen LogP contribution in [0.4, 0.5) is 0 Å². The van der Waals surface area contributed by atoms with Gasteiger partial charge in [-0.15, -0.1) is 0 Å². The molecule has 0 fully saturated rings. The molecule has 0 heterocycles. The Morgan fingerprint density at radius 1 is 1.04 bits per heavy atom. The summed E-state index contributed by atoms with van der Waals surface area (Å²) in [6, 6.07) is -0.937. The largest absolute Gasteiger partial charge is 0.386 e. The van der Waals surface area contributed by atoms with E-state index in [0.29, 0.717) is 12.8 Å². The Kier molecular flexibility index (Phi) is 16.3. The van der Waals surface area contributed by atoms with Crippen LogP contribution in [-0.2, 0) is 4.79 Å². The summed E-state index contributed by atoms with van der Waals surface area (Å²) in [6.07, 6.45) is 18.9. The third kappa shape index (κ3) is 14.6. The number of allylic oxidation sites excluding steroid dienone is 3. The lowest BCUT2D eigenvalue weighted by Crippen LogP contribution is -2.33. The van der Waals surface area contributed by atoms with Crippen LogP contribution in [0.1, 0.15) is 84.0 Å². The normalized spacial score (nSPS) is 14.2. The predicted molar refractivity (Wildman–Crippen MR) is 102 cm³/mol. The number of unbranched alkanes of at least 4 members (excludes halogenated alkanes) is 7. The van der Waals surface area contributed by atoms with Crippen molar-refractivity contribution >= 4 is 6.29 Å². The summed E-state index contributed by atoms with van der Waals surface area (Å²) in [5, 5.41) is 21.2. The molecule has 0 amide bonds. The molecule has 1 radical (unpaired) electrons. The highest BCUT2D eigenvalue weighted by atomic mass is 16.6. The average Bonchev–Trinajstić information content (AvgIpc) is 2.59. The fraction of sp³-hybridized carbons (Fsp3) is 0.750. The molecule has 0 aromatic carbocycles. The van der Waals surface area contributed by atoms with Gasteiger partial charge in [0.2, 0.25) is 6.04 Å². The van der Waals surface area contributed by atoms with Crippen molar-refractivity contribution in [3.05, 3.63) is 34.4 Å². The highest BCUT2D eigenvalue weighted by Crippen LogP contribution is 2.14. The number of carbonyl (C=O) groups excluding carboxylic acids is 1. The lowest BCUT2D eigenvalue weighted by molar-refractivity contribution is -0.533. The van der Waals surface area contributed by atoms with Crippen molar-refractivity contribution < 1.29 is 14.8 Å². The second-order valence-corrected chi connectivity index (χ2v) is 6.43. The smallest absolute Gasteiger partial charge is 0.241 e. The van der Waals surface area contributed by atoms with E-state index in [1.165, 1.54) is 19.3 Å². The zero-order valence-electron chi connectivity index (χ0n) is 15.6. The number of hydrogen-bond donors (Lipinski definition) is 1. The molecule has 143 valence electrons. The molecular formula is C20H34NO4. The monoisotopic (exact) mass is 352 g/mol. The van der Waals surface area contributed by atoms with Gasteiger partial charge in [0, 0.05) is 17.8 Å². The van der Waals surface area contributed by atoms with Crippen molar-refractivity contribution in [2.75, 3.05) is 0 Å². The van der Waals surface area contributed by atoms with Gasteiger partial charge < -0.3 is 5.11 Å². The minimum Gasteiger partial charge on any atom is -0.386 e. The maximum atomic E-state index is 11.1. The van der Waals surface area contributed by atoms with Crippen molar-refractivity contribution in [1.29, 1.82) is 0 Å². The third-order valence-electron chi connectivity index (χ3n) is 4.20. The lowest BCUT2D eigenvalue weighted by atomic mass is 10.0. The van der Waals surface area contributed by atoms with Gasteiger partial charge in [-0.3, -0.25) is 14.9 Å². The van der Waals surface area contributed by atoms with Gasteiger partial charge in [0.25, 0.3) is 0 Å². The Hall–Kier alpha value is -1.49. The van der Waals surface area contributed by atoms with E-state index >= 15 is 0 Å². The first-order valence-electron chi connectivity index (χ1n) is 9.60. The summed E-state index contributed by atoms with van der Waals surface area (Å²) in [5.74, 6) is 0. The summed E-state index contributed by atoms with van der Waals surface area (Å²) in [4.78, 5) is 20.8. The first-order chi connectivity index (χ1) is 12.1. The van der Waals surface area contributed by atoms with E-state index in [4.69, 9.17) is 0 Å². The van der Waals surface area contributed by atoms with Gasteiger partial charge in [-0.2, -0.15) is 0 Å². The molecule has 0 aliphatic carbocycles. The van der Waals surface area contributed by atoms with Crippen LogP contribution in [0.25, 0.3) is 0 Å². The number of hydrogen-bond acceptors (Lipinski definition) is 4. The summed E-state index contributed by atoms with van der Waals surface area (Å²) in [5.41, 5.74) is 0. The Morgan fingerprint density at radius 2 is 1.76 bits per heavy atom. The number of aliphatic hydroxyl groups excluding tert-OH is 1. The molecule has 0 rings (SSSR count). The van der Waals surface area contributed by atoms with E-state index in [-0.39, 0.29) is 11.3 Å². The molecule has 5 heteroatoms. The highest BCUT2D eigenvalue weighted by molar-refractivity contribution is 5.50. The van der Waals surface area contributed by atoms with Crippen LogP contribution < -0.4 is 0 Å². The molecule has 0 aliphatic rings. The van der Waals surface area contributed by atoms with Gasteiger partial charge in [-0.1, -0.05) is 63.3 Å². The molecule has 0 bridgehead atoms. The van der Waals surface area contributed by atoms with Crippen molar-refractivity contribution in [3.63, 3.8) is 0 Å². The van der Waals surface area contributed by atoms with E-state index in [0.717, 1.165) is 38.5 Å². The standard InChI is InChI=1S/C20H34NO4/c1-2-3-4-5-6-7-8-10-13-16-19(21(24)25)20(23)17-14-11-9-12-15-18-22/h6-7,10,13,19-20,23H,2-5,8-9,11-12,14-17H2,1H3/b7-6-,13-10-. The van der Waals surface area contributed by atoms with Crippen molar-refractivity contribution in [1.82, 2.24) is 0 Å². The van der Waals surface area contributed by atoms with Crippen molar-refractivity contribution in [3.8, 4) is 0 Å². The van der Waals surface area contributed by atoms with Gasteiger partial charge in [0.15, 0.2) is 6.29 Å². The van der Waals surface area contributed by atoms with Gasteiger partial charge in [0.1, 0.15) is 6.10 Å². The second-order valence-electron chi connectivity index (χ2n) is 6.43. The molecular weight excluding hydrogens is 318 g/mol. The van der Waals surface area contributed by atoms with Crippen molar-refractivity contribution in [2.45, 2.75) is 96.1 Å². The van der Waals surface area contributed by atoms with Crippen LogP contribution in [0.3, 0.4) is 0 Å². The Labute approximate surface area is 152 Å². The first kappa shape index (κ1) is 23.5. The summed E-state index contributed by atoms with van der Waals surface area (Å²) in [7, 11) is 0. The molecule has 0 aliphatic heterocycles. The highest BCUT2D eigenvalue weighted by Gasteiger charge is 2.27. The van der Waals surface area contributed by atoms with Crippen LogP contribution in [0.5, 0.6) is 0 Å². The average molecular weight is 352 g/mol. The van der Waals surface area contributed by atoms with Crippen LogP contribution in [0, 0.1) is 10.1 Å². The minimum atomic E-state index is -0.937. The Balaban J connectivity index is 3.96. The molecule has 25 heavy (non-hydrogen) atoms. The Morgan fingerprint density at radius 3 is 2.44 bits per heavy atom. The first-order valence-corrected chi connectivity index (χ1v) is 9.60. The van der Waals surface area contributed by atoms with Crippen LogP contribution in [-0.4, -0.2) is 28.5 Å². The topological polar surface area (TPSA) is 80.4 Å². The zero-order chi connectivity index (χ0) is 18.8. The molecule has 0 aromatic rings. The zero-order valence-corrected chi connectivity index (χ0v) is 15.6.